The highest BCUT2D eigenvalue weighted by Gasteiger charge is 2.06. The molecule has 0 heterocycles. The van der Waals surface area contributed by atoms with Gasteiger partial charge in [0.1, 0.15) is 0 Å². The Hall–Kier alpha value is -0.220. The van der Waals surface area contributed by atoms with Crippen molar-refractivity contribution < 1.29 is 30.7 Å². The highest BCUT2D eigenvalue weighted by atomic mass is 32.2. The topological polar surface area (TPSA) is 118 Å². The van der Waals surface area contributed by atoms with Gasteiger partial charge in [-0.1, -0.05) is 0 Å². The predicted molar refractivity (Wildman–Crippen MR) is 43.4 cm³/mol. The third-order valence-electron chi connectivity index (χ3n) is 0.923. The van der Waals surface area contributed by atoms with Crippen molar-refractivity contribution in [2.75, 3.05) is 18.3 Å². The fourth-order valence-corrected chi connectivity index (χ4v) is 1.32. The first-order valence-corrected chi connectivity index (χ1v) is 6.40. The van der Waals surface area contributed by atoms with Gasteiger partial charge >= 0.3 is 0 Å². The Bertz CT molecular complexity index is 292. The molecule has 13 heavy (non-hydrogen) atoms. The summed E-state index contributed by atoms with van der Waals surface area (Å²) in [5.74, 6) is -1.38. The van der Waals surface area contributed by atoms with Gasteiger partial charge in [-0.15, -0.1) is 0 Å². The van der Waals surface area contributed by atoms with Crippen LogP contribution < -0.4 is 0 Å². The van der Waals surface area contributed by atoms with Crippen LogP contribution in [0.4, 0.5) is 0 Å². The second kappa shape index (κ2) is 4.86. The van der Waals surface area contributed by atoms with Crippen LogP contribution in [-0.4, -0.2) is 44.2 Å². The SMILES string of the molecule is O=S(=O)(O)CCCOCS(=O)(=O)O. The molecule has 0 aliphatic carbocycles. The summed E-state index contributed by atoms with van der Waals surface area (Å²) in [7, 11) is -8.21. The normalized spacial score (nSPS) is 13.1. The summed E-state index contributed by atoms with van der Waals surface area (Å²) < 4.78 is 61.1. The molecule has 0 amide bonds. The molecule has 0 aliphatic rings. The zero-order chi connectivity index (χ0) is 10.5. The first kappa shape index (κ1) is 12.8. The molecule has 7 nitrogen and oxygen atoms in total. The van der Waals surface area contributed by atoms with Crippen LogP contribution >= 0.6 is 0 Å². The van der Waals surface area contributed by atoms with Crippen molar-refractivity contribution in [3.05, 3.63) is 0 Å². The van der Waals surface area contributed by atoms with E-state index in [-0.39, 0.29) is 13.0 Å². The molecule has 0 bridgehead atoms. The lowest BCUT2D eigenvalue weighted by Gasteiger charge is -1.99. The van der Waals surface area contributed by atoms with E-state index >= 15 is 0 Å². The number of hydrogen-bond donors (Lipinski definition) is 2. The van der Waals surface area contributed by atoms with Crippen LogP contribution in [0.5, 0.6) is 0 Å². The Kier molecular flexibility index (Phi) is 4.78. The van der Waals surface area contributed by atoms with E-state index in [4.69, 9.17) is 9.11 Å². The number of rotatable bonds is 6. The van der Waals surface area contributed by atoms with Crippen molar-refractivity contribution in [1.82, 2.24) is 0 Å². The molecule has 0 saturated carbocycles. The third-order valence-corrected chi connectivity index (χ3v) is 2.19. The monoisotopic (exact) mass is 234 g/mol. The Morgan fingerprint density at radius 3 is 1.92 bits per heavy atom. The molecule has 0 atom stereocenters. The van der Waals surface area contributed by atoms with Gasteiger partial charge in [-0.05, 0) is 6.42 Å². The number of ether oxygens (including phenoxy) is 1. The first-order valence-electron chi connectivity index (χ1n) is 3.19. The molecular formula is C4H10O7S2. The quantitative estimate of drug-likeness (QED) is 0.452. The summed E-state index contributed by atoms with van der Waals surface area (Å²) in [6.07, 6.45) is -0.0334. The average Bonchev–Trinajstić information content (AvgIpc) is 1.81. The van der Waals surface area contributed by atoms with Gasteiger partial charge in [0.05, 0.1) is 5.75 Å². The maximum absolute atomic E-state index is 10.1. The summed E-state index contributed by atoms with van der Waals surface area (Å²) in [6.45, 7) is -0.167. The molecule has 0 fully saturated rings. The van der Waals surface area contributed by atoms with Crippen LogP contribution in [0.2, 0.25) is 0 Å². The molecule has 0 saturated heterocycles. The third kappa shape index (κ3) is 11.8. The lowest BCUT2D eigenvalue weighted by molar-refractivity contribution is 0.171. The number of hydrogen-bond acceptors (Lipinski definition) is 5. The molecule has 0 aromatic carbocycles. The van der Waals surface area contributed by atoms with Gasteiger partial charge in [0.15, 0.2) is 5.94 Å². The maximum atomic E-state index is 10.1. The van der Waals surface area contributed by atoms with E-state index < -0.39 is 31.9 Å². The van der Waals surface area contributed by atoms with E-state index in [1.54, 1.807) is 0 Å². The summed E-state index contributed by atoms with van der Waals surface area (Å²) in [6, 6.07) is 0. The van der Waals surface area contributed by atoms with Gasteiger partial charge in [0, 0.05) is 6.61 Å². The average molecular weight is 234 g/mol. The van der Waals surface area contributed by atoms with Gasteiger partial charge < -0.3 is 4.74 Å². The molecule has 0 unspecified atom stereocenters. The fraction of sp³-hybridized carbons (Fsp3) is 1.00. The van der Waals surface area contributed by atoms with Crippen molar-refractivity contribution >= 4 is 20.2 Å². The molecule has 0 aromatic heterocycles. The fourth-order valence-electron chi connectivity index (χ4n) is 0.508. The van der Waals surface area contributed by atoms with Crippen molar-refractivity contribution in [3.63, 3.8) is 0 Å². The lowest BCUT2D eigenvalue weighted by Crippen LogP contribution is -2.11. The molecule has 80 valence electrons. The van der Waals surface area contributed by atoms with Crippen molar-refractivity contribution in [2.45, 2.75) is 6.42 Å². The van der Waals surface area contributed by atoms with E-state index in [0.29, 0.717) is 0 Å². The molecule has 0 spiro atoms. The molecule has 0 aliphatic heterocycles. The summed E-state index contributed by atoms with van der Waals surface area (Å²) in [5.41, 5.74) is 0. The summed E-state index contributed by atoms with van der Waals surface area (Å²) in [5, 5.41) is 0. The second-order valence-corrected chi connectivity index (χ2v) is 5.22. The van der Waals surface area contributed by atoms with E-state index in [9.17, 15) is 16.8 Å². The van der Waals surface area contributed by atoms with Crippen LogP contribution in [0.1, 0.15) is 6.42 Å². The Morgan fingerprint density at radius 1 is 1.00 bits per heavy atom. The van der Waals surface area contributed by atoms with Gasteiger partial charge in [0.2, 0.25) is 0 Å². The Labute approximate surface area is 76.2 Å². The van der Waals surface area contributed by atoms with Gasteiger partial charge in [0.25, 0.3) is 20.2 Å². The highest BCUT2D eigenvalue weighted by molar-refractivity contribution is 7.85. The van der Waals surface area contributed by atoms with Crippen LogP contribution in [-0.2, 0) is 25.0 Å². The molecule has 2 N–H and O–H groups in total. The zero-order valence-corrected chi connectivity index (χ0v) is 8.21. The van der Waals surface area contributed by atoms with Gasteiger partial charge in [-0.25, -0.2) is 0 Å². The zero-order valence-electron chi connectivity index (χ0n) is 6.58. The van der Waals surface area contributed by atoms with Crippen molar-refractivity contribution in [3.8, 4) is 0 Å². The molecule has 0 radical (unpaired) electrons. The van der Waals surface area contributed by atoms with E-state index in [1.807, 2.05) is 0 Å². The molecule has 9 heteroatoms. The highest BCUT2D eigenvalue weighted by Crippen LogP contribution is 1.91. The Balaban J connectivity index is 3.50. The van der Waals surface area contributed by atoms with Crippen molar-refractivity contribution in [1.29, 1.82) is 0 Å². The second-order valence-electron chi connectivity index (χ2n) is 2.25. The van der Waals surface area contributed by atoms with E-state index in [1.165, 1.54) is 0 Å². The summed E-state index contributed by atoms with van der Waals surface area (Å²) >= 11 is 0. The van der Waals surface area contributed by atoms with Crippen LogP contribution in [0, 0.1) is 0 Å². The van der Waals surface area contributed by atoms with Gasteiger partial charge in [-0.3, -0.25) is 9.11 Å². The standard InChI is InChI=1S/C4H10O7S2/c5-12(6,7)3-1-2-11-4-13(8,9)10/h1-4H2,(H,5,6,7)(H,8,9,10). The van der Waals surface area contributed by atoms with Crippen LogP contribution in [0.3, 0.4) is 0 Å². The van der Waals surface area contributed by atoms with E-state index in [2.05, 4.69) is 4.74 Å². The maximum Gasteiger partial charge on any atom is 0.289 e. The predicted octanol–water partition coefficient (Wildman–Crippen LogP) is -0.874. The largest absolute Gasteiger partial charge is 0.363 e. The Morgan fingerprint density at radius 2 is 1.54 bits per heavy atom. The van der Waals surface area contributed by atoms with Crippen LogP contribution in [0.15, 0.2) is 0 Å². The van der Waals surface area contributed by atoms with Crippen molar-refractivity contribution in [2.24, 2.45) is 0 Å². The smallest absolute Gasteiger partial charge is 0.289 e. The van der Waals surface area contributed by atoms with Crippen LogP contribution in [0.25, 0.3) is 0 Å². The minimum absolute atomic E-state index is 0.0334. The first-order chi connectivity index (χ1) is 5.71. The minimum atomic E-state index is -4.17. The molecule has 0 rings (SSSR count). The minimum Gasteiger partial charge on any atom is -0.363 e. The molecule has 0 aromatic rings. The lowest BCUT2D eigenvalue weighted by atomic mass is 10.5. The molecular weight excluding hydrogens is 224 g/mol. The van der Waals surface area contributed by atoms with Gasteiger partial charge in [-0.2, -0.15) is 16.8 Å². The summed E-state index contributed by atoms with van der Waals surface area (Å²) in [4.78, 5) is 0. The van der Waals surface area contributed by atoms with E-state index in [0.717, 1.165) is 0 Å².